The summed E-state index contributed by atoms with van der Waals surface area (Å²) in [6, 6.07) is 7.93. The molecule has 1 aromatic rings. The number of rotatable bonds is 8. The smallest absolute Gasteiger partial charge is 0.234 e. The second kappa shape index (κ2) is 8.77. The molecule has 1 N–H and O–H groups in total. The minimum Gasteiger partial charge on any atom is -0.492 e. The van der Waals surface area contributed by atoms with Crippen LogP contribution in [0.1, 0.15) is 5.56 Å². The summed E-state index contributed by atoms with van der Waals surface area (Å²) in [5, 5.41) is 2.73. The Balaban J connectivity index is 2.29. The SMILES string of the molecule is CN(C)CCOc1ccc(CCNC(=O)CCl)cc1. The van der Waals surface area contributed by atoms with Gasteiger partial charge in [0, 0.05) is 13.1 Å². The molecule has 0 aromatic heterocycles. The van der Waals surface area contributed by atoms with Gasteiger partial charge in [-0.2, -0.15) is 0 Å². The van der Waals surface area contributed by atoms with Gasteiger partial charge in [-0.15, -0.1) is 11.6 Å². The molecule has 0 heterocycles. The molecular weight excluding hydrogens is 264 g/mol. The molecule has 5 heteroatoms. The van der Waals surface area contributed by atoms with Crippen LogP contribution < -0.4 is 10.1 Å². The molecule has 0 spiro atoms. The molecule has 1 amide bonds. The fraction of sp³-hybridized carbons (Fsp3) is 0.500. The lowest BCUT2D eigenvalue weighted by molar-refractivity contribution is -0.118. The number of benzene rings is 1. The maximum atomic E-state index is 11.0. The van der Waals surface area contributed by atoms with Crippen LogP contribution >= 0.6 is 11.6 Å². The Bertz CT molecular complexity index is 380. The lowest BCUT2D eigenvalue weighted by Crippen LogP contribution is -2.26. The van der Waals surface area contributed by atoms with E-state index in [1.54, 1.807) is 0 Å². The number of alkyl halides is 1. The molecule has 0 unspecified atom stereocenters. The molecule has 0 radical (unpaired) electrons. The molecule has 0 atom stereocenters. The van der Waals surface area contributed by atoms with Crippen molar-refractivity contribution >= 4 is 17.5 Å². The molecule has 1 rings (SSSR count). The highest BCUT2D eigenvalue weighted by Gasteiger charge is 1.99. The number of likely N-dealkylation sites (N-methyl/N-ethyl adjacent to an activating group) is 1. The average Bonchev–Trinajstić information content (AvgIpc) is 2.40. The maximum Gasteiger partial charge on any atom is 0.234 e. The van der Waals surface area contributed by atoms with Crippen LogP contribution in [0.2, 0.25) is 0 Å². The fourth-order valence-electron chi connectivity index (χ4n) is 1.49. The van der Waals surface area contributed by atoms with Crippen LogP contribution in [0.15, 0.2) is 24.3 Å². The highest BCUT2D eigenvalue weighted by atomic mass is 35.5. The number of hydrogen-bond donors (Lipinski definition) is 1. The average molecular weight is 285 g/mol. The van der Waals surface area contributed by atoms with Gasteiger partial charge in [-0.1, -0.05) is 12.1 Å². The lowest BCUT2D eigenvalue weighted by Gasteiger charge is -2.11. The predicted molar refractivity (Wildman–Crippen MR) is 77.9 cm³/mol. The summed E-state index contributed by atoms with van der Waals surface area (Å²) in [6.45, 7) is 2.18. The molecular formula is C14H21ClN2O2. The van der Waals surface area contributed by atoms with Crippen molar-refractivity contribution in [2.75, 3.05) is 39.7 Å². The second-order valence-corrected chi connectivity index (χ2v) is 4.80. The van der Waals surface area contributed by atoms with Crippen LogP contribution in [-0.2, 0) is 11.2 Å². The predicted octanol–water partition coefficient (Wildman–Crippen LogP) is 1.52. The zero-order chi connectivity index (χ0) is 14.1. The Morgan fingerprint density at radius 2 is 2.00 bits per heavy atom. The standard InChI is InChI=1S/C14H21ClN2O2/c1-17(2)9-10-19-13-5-3-12(4-6-13)7-8-16-14(18)11-15/h3-6H,7-11H2,1-2H3,(H,16,18). The van der Waals surface area contributed by atoms with Crippen molar-refractivity contribution in [2.45, 2.75) is 6.42 Å². The molecule has 19 heavy (non-hydrogen) atoms. The third-order valence-electron chi connectivity index (χ3n) is 2.59. The monoisotopic (exact) mass is 284 g/mol. The molecule has 4 nitrogen and oxygen atoms in total. The molecule has 0 aliphatic heterocycles. The molecule has 0 saturated carbocycles. The van der Waals surface area contributed by atoms with Crippen LogP contribution in [-0.4, -0.2) is 50.5 Å². The number of ether oxygens (including phenoxy) is 1. The minimum absolute atomic E-state index is 0.0126. The van der Waals surface area contributed by atoms with E-state index in [1.165, 1.54) is 0 Å². The fourth-order valence-corrected chi connectivity index (χ4v) is 1.59. The molecule has 0 bridgehead atoms. The number of halogens is 1. The lowest BCUT2D eigenvalue weighted by atomic mass is 10.1. The number of carbonyl (C=O) groups excluding carboxylic acids is 1. The van der Waals surface area contributed by atoms with E-state index >= 15 is 0 Å². The van der Waals surface area contributed by atoms with Crippen molar-refractivity contribution in [3.05, 3.63) is 29.8 Å². The van der Waals surface area contributed by atoms with Gasteiger partial charge in [-0.3, -0.25) is 4.79 Å². The number of carbonyl (C=O) groups is 1. The first-order valence-corrected chi connectivity index (χ1v) is 6.84. The van der Waals surface area contributed by atoms with Gasteiger partial charge in [0.2, 0.25) is 5.91 Å². The number of hydrogen-bond acceptors (Lipinski definition) is 3. The summed E-state index contributed by atoms with van der Waals surface area (Å²) in [6.07, 6.45) is 0.792. The summed E-state index contributed by atoms with van der Waals surface area (Å²) < 4.78 is 5.60. The molecule has 0 fully saturated rings. The summed E-state index contributed by atoms with van der Waals surface area (Å²) in [5.74, 6) is 0.749. The maximum absolute atomic E-state index is 11.0. The zero-order valence-electron chi connectivity index (χ0n) is 11.5. The van der Waals surface area contributed by atoms with Crippen molar-refractivity contribution in [2.24, 2.45) is 0 Å². The van der Waals surface area contributed by atoms with E-state index in [0.717, 1.165) is 24.3 Å². The van der Waals surface area contributed by atoms with E-state index in [0.29, 0.717) is 13.2 Å². The minimum atomic E-state index is -0.134. The largest absolute Gasteiger partial charge is 0.492 e. The van der Waals surface area contributed by atoms with E-state index < -0.39 is 0 Å². The second-order valence-electron chi connectivity index (χ2n) is 4.53. The molecule has 0 saturated heterocycles. The highest BCUT2D eigenvalue weighted by Crippen LogP contribution is 2.12. The van der Waals surface area contributed by atoms with Crippen LogP contribution in [0.4, 0.5) is 0 Å². The Hall–Kier alpha value is -1.26. The summed E-state index contributed by atoms with van der Waals surface area (Å²) >= 11 is 5.39. The molecule has 0 aliphatic carbocycles. The van der Waals surface area contributed by atoms with Gasteiger partial charge in [0.1, 0.15) is 18.2 Å². The van der Waals surface area contributed by atoms with Crippen LogP contribution in [0, 0.1) is 0 Å². The van der Waals surface area contributed by atoms with Crippen molar-refractivity contribution in [3.8, 4) is 5.75 Å². The molecule has 106 valence electrons. The summed E-state index contributed by atoms with van der Waals surface area (Å²) in [7, 11) is 4.03. The topological polar surface area (TPSA) is 41.6 Å². The molecule has 1 aromatic carbocycles. The van der Waals surface area contributed by atoms with Crippen molar-refractivity contribution in [1.29, 1.82) is 0 Å². The van der Waals surface area contributed by atoms with Gasteiger partial charge >= 0.3 is 0 Å². The van der Waals surface area contributed by atoms with E-state index in [1.807, 2.05) is 38.4 Å². The van der Waals surface area contributed by atoms with Crippen LogP contribution in [0.5, 0.6) is 5.75 Å². The first-order valence-electron chi connectivity index (χ1n) is 6.31. The van der Waals surface area contributed by atoms with Crippen LogP contribution in [0.25, 0.3) is 0 Å². The first kappa shape index (κ1) is 15.8. The summed E-state index contributed by atoms with van der Waals surface area (Å²) in [5.41, 5.74) is 1.16. The Morgan fingerprint density at radius 1 is 1.32 bits per heavy atom. The Labute approximate surface area is 119 Å². The first-order chi connectivity index (χ1) is 9.11. The molecule has 0 aliphatic rings. The van der Waals surface area contributed by atoms with E-state index in [9.17, 15) is 4.79 Å². The van der Waals surface area contributed by atoms with Gasteiger partial charge in [-0.05, 0) is 38.2 Å². The summed E-state index contributed by atoms with van der Waals surface area (Å²) in [4.78, 5) is 13.0. The van der Waals surface area contributed by atoms with Gasteiger partial charge in [0.15, 0.2) is 0 Å². The third-order valence-corrected chi connectivity index (χ3v) is 2.83. The van der Waals surface area contributed by atoms with E-state index in [-0.39, 0.29) is 11.8 Å². The van der Waals surface area contributed by atoms with Crippen LogP contribution in [0.3, 0.4) is 0 Å². The van der Waals surface area contributed by atoms with Crippen molar-refractivity contribution < 1.29 is 9.53 Å². The van der Waals surface area contributed by atoms with Gasteiger partial charge in [0.05, 0.1) is 0 Å². The van der Waals surface area contributed by atoms with Gasteiger partial charge in [0.25, 0.3) is 0 Å². The van der Waals surface area contributed by atoms with E-state index in [2.05, 4.69) is 10.2 Å². The quantitative estimate of drug-likeness (QED) is 0.736. The Morgan fingerprint density at radius 3 is 2.58 bits per heavy atom. The highest BCUT2D eigenvalue weighted by molar-refractivity contribution is 6.27. The van der Waals surface area contributed by atoms with Crippen molar-refractivity contribution in [1.82, 2.24) is 10.2 Å². The zero-order valence-corrected chi connectivity index (χ0v) is 12.2. The van der Waals surface area contributed by atoms with Crippen molar-refractivity contribution in [3.63, 3.8) is 0 Å². The number of amides is 1. The Kier molecular flexibility index (Phi) is 7.30. The van der Waals surface area contributed by atoms with E-state index in [4.69, 9.17) is 16.3 Å². The number of nitrogens with one attached hydrogen (secondary N) is 1. The number of nitrogens with zero attached hydrogens (tertiary/aromatic N) is 1. The normalized spacial score (nSPS) is 10.5. The van der Waals surface area contributed by atoms with Gasteiger partial charge in [-0.25, -0.2) is 0 Å². The third kappa shape index (κ3) is 7.03. The van der Waals surface area contributed by atoms with Gasteiger partial charge < -0.3 is 15.0 Å².